The van der Waals surface area contributed by atoms with Gasteiger partial charge in [-0.2, -0.15) is 0 Å². The molecule has 0 aromatic carbocycles. The van der Waals surface area contributed by atoms with Gasteiger partial charge in [-0.05, 0) is 43.6 Å². The predicted octanol–water partition coefficient (Wildman–Crippen LogP) is 1.34. The lowest BCUT2D eigenvalue weighted by atomic mass is 9.78. The molecule has 1 saturated carbocycles. The van der Waals surface area contributed by atoms with Crippen LogP contribution < -0.4 is 0 Å². The maximum atomic E-state index is 11.5. The van der Waals surface area contributed by atoms with Gasteiger partial charge in [0.05, 0.1) is 0 Å². The lowest BCUT2D eigenvalue weighted by Crippen LogP contribution is -2.49. The SMILES string of the molecule is CC1C2(CC2)CN2CCCC12C(=O)O. The van der Waals surface area contributed by atoms with E-state index in [1.165, 1.54) is 12.8 Å². The molecule has 2 unspecified atom stereocenters. The van der Waals surface area contributed by atoms with E-state index in [0.29, 0.717) is 11.3 Å². The van der Waals surface area contributed by atoms with Gasteiger partial charge in [-0.3, -0.25) is 9.69 Å². The lowest BCUT2D eigenvalue weighted by molar-refractivity contribution is -0.150. The van der Waals surface area contributed by atoms with Crippen LogP contribution in [-0.4, -0.2) is 34.6 Å². The Kier molecular flexibility index (Phi) is 1.45. The van der Waals surface area contributed by atoms with Gasteiger partial charge in [0.1, 0.15) is 5.54 Å². The van der Waals surface area contributed by atoms with Crippen LogP contribution in [0.4, 0.5) is 0 Å². The van der Waals surface area contributed by atoms with E-state index in [1.54, 1.807) is 0 Å². The summed E-state index contributed by atoms with van der Waals surface area (Å²) in [6.45, 7) is 4.20. The van der Waals surface area contributed by atoms with Gasteiger partial charge >= 0.3 is 5.97 Å². The molecule has 3 aliphatic rings. The minimum absolute atomic E-state index is 0.356. The summed E-state index contributed by atoms with van der Waals surface area (Å²) in [4.78, 5) is 13.7. The van der Waals surface area contributed by atoms with Gasteiger partial charge in [-0.25, -0.2) is 0 Å². The van der Waals surface area contributed by atoms with Gasteiger partial charge in [-0.15, -0.1) is 0 Å². The number of aliphatic carboxylic acids is 1. The summed E-state index contributed by atoms with van der Waals surface area (Å²) < 4.78 is 0. The van der Waals surface area contributed by atoms with E-state index in [1.807, 2.05) is 0 Å². The Bertz CT molecular complexity index is 298. The Hall–Kier alpha value is -0.570. The van der Waals surface area contributed by atoms with E-state index in [2.05, 4.69) is 11.8 Å². The van der Waals surface area contributed by atoms with Crippen molar-refractivity contribution < 1.29 is 9.90 Å². The number of carboxylic acids is 1. The average molecular weight is 195 g/mol. The third-order valence-corrected chi connectivity index (χ3v) is 4.95. The van der Waals surface area contributed by atoms with Crippen LogP contribution in [0.5, 0.6) is 0 Å². The minimum atomic E-state index is -0.578. The van der Waals surface area contributed by atoms with E-state index in [9.17, 15) is 9.90 Å². The van der Waals surface area contributed by atoms with Crippen molar-refractivity contribution in [2.24, 2.45) is 11.3 Å². The van der Waals surface area contributed by atoms with Crippen LogP contribution in [0.25, 0.3) is 0 Å². The quantitative estimate of drug-likeness (QED) is 0.686. The number of rotatable bonds is 1. The Morgan fingerprint density at radius 2 is 2.14 bits per heavy atom. The van der Waals surface area contributed by atoms with E-state index in [4.69, 9.17) is 0 Å². The highest BCUT2D eigenvalue weighted by atomic mass is 16.4. The molecule has 2 saturated heterocycles. The van der Waals surface area contributed by atoms with E-state index in [-0.39, 0.29) is 0 Å². The van der Waals surface area contributed by atoms with Crippen molar-refractivity contribution in [3.05, 3.63) is 0 Å². The minimum Gasteiger partial charge on any atom is -0.480 e. The van der Waals surface area contributed by atoms with Gasteiger partial charge in [0.2, 0.25) is 0 Å². The molecule has 0 amide bonds. The molecule has 0 radical (unpaired) electrons. The highest BCUT2D eigenvalue weighted by Gasteiger charge is 2.68. The summed E-state index contributed by atoms with van der Waals surface area (Å²) in [6.07, 6.45) is 4.43. The summed E-state index contributed by atoms with van der Waals surface area (Å²) in [5.74, 6) is -0.221. The Morgan fingerprint density at radius 3 is 2.64 bits per heavy atom. The fourth-order valence-corrected chi connectivity index (χ4v) is 3.81. The van der Waals surface area contributed by atoms with Crippen molar-refractivity contribution in [2.75, 3.05) is 13.1 Å². The predicted molar refractivity (Wildman–Crippen MR) is 52.0 cm³/mol. The number of hydrogen-bond donors (Lipinski definition) is 1. The standard InChI is InChI=1S/C11H17NO2/c1-8-10(4-5-10)7-12-6-2-3-11(8,12)9(13)14/h8H,2-7H2,1H3,(H,13,14). The molecule has 78 valence electrons. The first-order chi connectivity index (χ1) is 6.62. The summed E-state index contributed by atoms with van der Waals surface area (Å²) in [6, 6.07) is 0. The zero-order valence-electron chi connectivity index (χ0n) is 8.62. The Labute approximate surface area is 84.1 Å². The molecule has 0 aromatic rings. The smallest absolute Gasteiger partial charge is 0.324 e. The molecule has 2 aliphatic heterocycles. The van der Waals surface area contributed by atoms with E-state index in [0.717, 1.165) is 25.9 Å². The number of fused-ring (bicyclic) bond motifs is 1. The Morgan fingerprint density at radius 1 is 1.43 bits per heavy atom. The molecule has 0 aromatic heterocycles. The molecule has 3 rings (SSSR count). The summed E-state index contributed by atoms with van der Waals surface area (Å²) >= 11 is 0. The van der Waals surface area contributed by atoms with Crippen molar-refractivity contribution in [1.82, 2.24) is 4.90 Å². The zero-order valence-corrected chi connectivity index (χ0v) is 8.62. The monoisotopic (exact) mass is 195 g/mol. The molecule has 14 heavy (non-hydrogen) atoms. The van der Waals surface area contributed by atoms with Gasteiger partial charge in [0.25, 0.3) is 0 Å². The third-order valence-electron chi connectivity index (χ3n) is 4.95. The first-order valence-corrected chi connectivity index (χ1v) is 5.60. The number of hydrogen-bond acceptors (Lipinski definition) is 2. The molecular formula is C11H17NO2. The van der Waals surface area contributed by atoms with Gasteiger partial charge in [0.15, 0.2) is 0 Å². The molecule has 3 heteroatoms. The number of nitrogens with zero attached hydrogens (tertiary/aromatic N) is 1. The van der Waals surface area contributed by atoms with Crippen molar-refractivity contribution in [3.63, 3.8) is 0 Å². The lowest BCUT2D eigenvalue weighted by Gasteiger charge is -2.31. The van der Waals surface area contributed by atoms with Gasteiger partial charge in [0, 0.05) is 6.54 Å². The third kappa shape index (κ3) is 0.761. The maximum absolute atomic E-state index is 11.5. The molecule has 2 heterocycles. The highest BCUT2D eigenvalue weighted by Crippen LogP contribution is 2.64. The molecule has 1 spiro atoms. The topological polar surface area (TPSA) is 40.5 Å². The van der Waals surface area contributed by atoms with Crippen molar-refractivity contribution in [1.29, 1.82) is 0 Å². The molecule has 2 atom stereocenters. The van der Waals surface area contributed by atoms with Crippen LogP contribution in [0.1, 0.15) is 32.6 Å². The van der Waals surface area contributed by atoms with Crippen LogP contribution in [0.3, 0.4) is 0 Å². The highest BCUT2D eigenvalue weighted by molar-refractivity contribution is 5.80. The van der Waals surface area contributed by atoms with Crippen LogP contribution in [0, 0.1) is 11.3 Å². The normalized spacial score (nSPS) is 44.2. The zero-order chi connectivity index (χ0) is 9.97. The summed E-state index contributed by atoms with van der Waals surface area (Å²) in [5.41, 5.74) is -0.102. The first kappa shape index (κ1) is 8.72. The average Bonchev–Trinajstić information content (AvgIpc) is 2.71. The largest absolute Gasteiger partial charge is 0.480 e. The first-order valence-electron chi connectivity index (χ1n) is 5.60. The molecule has 3 nitrogen and oxygen atoms in total. The Balaban J connectivity index is 2.03. The fraction of sp³-hybridized carbons (Fsp3) is 0.909. The second kappa shape index (κ2) is 2.32. The van der Waals surface area contributed by atoms with E-state index < -0.39 is 11.5 Å². The van der Waals surface area contributed by atoms with Crippen molar-refractivity contribution in [2.45, 2.75) is 38.1 Å². The van der Waals surface area contributed by atoms with E-state index >= 15 is 0 Å². The molecule has 1 N–H and O–H groups in total. The molecule has 1 aliphatic carbocycles. The van der Waals surface area contributed by atoms with Gasteiger partial charge < -0.3 is 5.11 Å². The second-order valence-electron chi connectivity index (χ2n) is 5.34. The molecule has 0 bridgehead atoms. The van der Waals surface area contributed by atoms with Crippen LogP contribution in [0.15, 0.2) is 0 Å². The maximum Gasteiger partial charge on any atom is 0.324 e. The fourth-order valence-electron chi connectivity index (χ4n) is 3.81. The second-order valence-corrected chi connectivity index (χ2v) is 5.34. The van der Waals surface area contributed by atoms with Crippen LogP contribution >= 0.6 is 0 Å². The van der Waals surface area contributed by atoms with Crippen LogP contribution in [-0.2, 0) is 4.79 Å². The number of carboxylic acid groups (broad SMARTS) is 1. The van der Waals surface area contributed by atoms with Gasteiger partial charge in [-0.1, -0.05) is 6.92 Å². The van der Waals surface area contributed by atoms with Crippen LogP contribution in [0.2, 0.25) is 0 Å². The van der Waals surface area contributed by atoms with Crippen molar-refractivity contribution in [3.8, 4) is 0 Å². The molecular weight excluding hydrogens is 178 g/mol. The molecule has 3 fully saturated rings. The summed E-state index contributed by atoms with van der Waals surface area (Å²) in [7, 11) is 0. The number of carbonyl (C=O) groups is 1. The summed E-state index contributed by atoms with van der Waals surface area (Å²) in [5, 5.41) is 9.46. The van der Waals surface area contributed by atoms with Crippen molar-refractivity contribution >= 4 is 5.97 Å².